The highest BCUT2D eigenvalue weighted by molar-refractivity contribution is 7.99. The molecule has 0 aliphatic carbocycles. The molecule has 3 aromatic rings. The molecule has 0 saturated carbocycles. The van der Waals surface area contributed by atoms with Crippen LogP contribution in [0, 0.1) is 6.92 Å². The Bertz CT molecular complexity index is 853. The first-order chi connectivity index (χ1) is 11.1. The Morgan fingerprint density at radius 1 is 1.22 bits per heavy atom. The summed E-state index contributed by atoms with van der Waals surface area (Å²) >= 11 is 1.45. The first kappa shape index (κ1) is 15.6. The summed E-state index contributed by atoms with van der Waals surface area (Å²) in [5.74, 6) is 1.26. The molecule has 0 unspecified atom stereocenters. The van der Waals surface area contributed by atoms with Crippen molar-refractivity contribution in [3.63, 3.8) is 0 Å². The number of aryl methyl sites for hydroxylation is 2. The van der Waals surface area contributed by atoms with Crippen molar-refractivity contribution in [2.75, 3.05) is 12.9 Å². The smallest absolute Gasteiger partial charge is 0.173 e. The van der Waals surface area contributed by atoms with Crippen LogP contribution < -0.4 is 4.74 Å². The van der Waals surface area contributed by atoms with E-state index in [1.165, 1.54) is 11.8 Å². The number of rotatable bonds is 5. The maximum Gasteiger partial charge on any atom is 0.173 e. The van der Waals surface area contributed by atoms with Gasteiger partial charge in [0.25, 0.3) is 0 Å². The highest BCUT2D eigenvalue weighted by Gasteiger charge is 2.12. The third-order valence-corrected chi connectivity index (χ3v) is 4.78. The van der Waals surface area contributed by atoms with Crippen molar-refractivity contribution in [1.82, 2.24) is 9.55 Å². The number of hydrogen-bond acceptors (Lipinski definition) is 4. The Morgan fingerprint density at radius 3 is 2.65 bits per heavy atom. The number of imidazole rings is 1. The van der Waals surface area contributed by atoms with Crippen LogP contribution in [0.25, 0.3) is 11.0 Å². The Labute approximate surface area is 139 Å². The SMILES string of the molecule is COc1ccc2c(c1)nc(SCC(=O)c1ccc(C)cc1)n2C. The molecule has 0 saturated heterocycles. The van der Waals surface area contributed by atoms with Crippen LogP contribution in [0.4, 0.5) is 0 Å². The van der Waals surface area contributed by atoms with Crippen LogP contribution in [-0.4, -0.2) is 28.2 Å². The number of carbonyl (C=O) groups excluding carboxylic acids is 1. The number of thioether (sulfide) groups is 1. The number of ether oxygens (including phenoxy) is 1. The second-order valence-corrected chi connectivity index (χ2v) is 6.33. The normalized spacial score (nSPS) is 10.9. The summed E-state index contributed by atoms with van der Waals surface area (Å²) in [6.45, 7) is 2.01. The molecule has 0 fully saturated rings. The molecule has 0 aliphatic rings. The summed E-state index contributed by atoms with van der Waals surface area (Å²) in [5, 5.41) is 0.828. The van der Waals surface area contributed by atoms with Crippen LogP contribution in [0.1, 0.15) is 15.9 Å². The van der Waals surface area contributed by atoms with Crippen LogP contribution in [0.2, 0.25) is 0 Å². The predicted molar refractivity (Wildman–Crippen MR) is 93.5 cm³/mol. The molecule has 0 amide bonds. The minimum Gasteiger partial charge on any atom is -0.497 e. The molecule has 5 heteroatoms. The quantitative estimate of drug-likeness (QED) is 0.527. The van der Waals surface area contributed by atoms with Gasteiger partial charge in [0.1, 0.15) is 5.75 Å². The van der Waals surface area contributed by atoms with E-state index in [0.717, 1.165) is 33.1 Å². The van der Waals surface area contributed by atoms with Gasteiger partial charge in [0, 0.05) is 18.7 Å². The van der Waals surface area contributed by atoms with Crippen LogP contribution in [-0.2, 0) is 7.05 Å². The van der Waals surface area contributed by atoms with Gasteiger partial charge in [0.15, 0.2) is 10.9 Å². The summed E-state index contributed by atoms with van der Waals surface area (Å²) in [5.41, 5.74) is 3.79. The van der Waals surface area contributed by atoms with Gasteiger partial charge in [-0.2, -0.15) is 0 Å². The number of benzene rings is 2. The zero-order valence-corrected chi connectivity index (χ0v) is 14.2. The van der Waals surface area contributed by atoms with Crippen molar-refractivity contribution >= 4 is 28.6 Å². The molecule has 118 valence electrons. The van der Waals surface area contributed by atoms with Gasteiger partial charge in [-0.3, -0.25) is 4.79 Å². The van der Waals surface area contributed by atoms with Crippen molar-refractivity contribution in [3.8, 4) is 5.75 Å². The van der Waals surface area contributed by atoms with Gasteiger partial charge in [-0.1, -0.05) is 41.6 Å². The fourth-order valence-corrected chi connectivity index (χ4v) is 3.25. The molecular weight excluding hydrogens is 308 g/mol. The predicted octanol–water partition coefficient (Wildman–Crippen LogP) is 3.87. The van der Waals surface area contributed by atoms with Gasteiger partial charge < -0.3 is 9.30 Å². The Morgan fingerprint density at radius 2 is 1.96 bits per heavy atom. The largest absolute Gasteiger partial charge is 0.497 e. The van der Waals surface area contributed by atoms with Gasteiger partial charge in [0.2, 0.25) is 0 Å². The molecule has 1 aromatic heterocycles. The molecule has 0 spiro atoms. The topological polar surface area (TPSA) is 44.1 Å². The maximum absolute atomic E-state index is 12.3. The molecule has 4 nitrogen and oxygen atoms in total. The number of methoxy groups -OCH3 is 1. The number of fused-ring (bicyclic) bond motifs is 1. The lowest BCUT2D eigenvalue weighted by Gasteiger charge is -2.03. The van der Waals surface area contributed by atoms with E-state index in [4.69, 9.17) is 4.74 Å². The number of carbonyl (C=O) groups is 1. The fourth-order valence-electron chi connectivity index (χ4n) is 2.37. The molecule has 0 bridgehead atoms. The molecular formula is C18H18N2O2S. The third-order valence-electron chi connectivity index (χ3n) is 3.75. The van der Waals surface area contributed by atoms with Gasteiger partial charge in [-0.15, -0.1) is 0 Å². The van der Waals surface area contributed by atoms with Gasteiger partial charge in [-0.25, -0.2) is 4.98 Å². The maximum atomic E-state index is 12.3. The molecule has 1 heterocycles. The summed E-state index contributed by atoms with van der Waals surface area (Å²) in [6.07, 6.45) is 0. The highest BCUT2D eigenvalue weighted by Crippen LogP contribution is 2.26. The number of aromatic nitrogens is 2. The second-order valence-electron chi connectivity index (χ2n) is 5.39. The van der Waals surface area contributed by atoms with Crippen LogP contribution in [0.15, 0.2) is 47.6 Å². The lowest BCUT2D eigenvalue weighted by atomic mass is 10.1. The molecule has 2 aromatic carbocycles. The van der Waals surface area contributed by atoms with E-state index in [2.05, 4.69) is 4.98 Å². The number of Topliss-reactive ketones (excluding diaryl/α,β-unsaturated/α-hetero) is 1. The Kier molecular flexibility index (Phi) is 4.39. The van der Waals surface area contributed by atoms with Crippen molar-refractivity contribution in [2.45, 2.75) is 12.1 Å². The zero-order valence-electron chi connectivity index (χ0n) is 13.4. The van der Waals surface area contributed by atoms with Crippen molar-refractivity contribution < 1.29 is 9.53 Å². The minimum absolute atomic E-state index is 0.111. The van der Waals surface area contributed by atoms with Crippen molar-refractivity contribution in [2.24, 2.45) is 7.05 Å². The molecule has 3 rings (SSSR count). The van der Waals surface area contributed by atoms with E-state index in [-0.39, 0.29) is 5.78 Å². The monoisotopic (exact) mass is 326 g/mol. The average Bonchev–Trinajstić information content (AvgIpc) is 2.88. The molecule has 0 atom stereocenters. The number of nitrogens with zero attached hydrogens (tertiary/aromatic N) is 2. The van der Waals surface area contributed by atoms with Crippen molar-refractivity contribution in [3.05, 3.63) is 53.6 Å². The molecule has 0 N–H and O–H groups in total. The molecule has 0 aliphatic heterocycles. The zero-order chi connectivity index (χ0) is 16.4. The standard InChI is InChI=1S/C18H18N2O2S/c1-12-4-6-13(7-5-12)17(21)11-23-18-19-15-10-14(22-3)8-9-16(15)20(18)2/h4-10H,11H2,1-3H3. The first-order valence-electron chi connectivity index (χ1n) is 7.31. The van der Waals surface area contributed by atoms with Crippen LogP contribution >= 0.6 is 11.8 Å². The van der Waals surface area contributed by atoms with Gasteiger partial charge in [-0.05, 0) is 19.1 Å². The van der Waals surface area contributed by atoms with Crippen LogP contribution in [0.5, 0.6) is 5.75 Å². The second kappa shape index (κ2) is 6.46. The lowest BCUT2D eigenvalue weighted by molar-refractivity contribution is 0.102. The van der Waals surface area contributed by atoms with Crippen molar-refractivity contribution in [1.29, 1.82) is 0 Å². The number of hydrogen-bond donors (Lipinski definition) is 0. The minimum atomic E-state index is 0.111. The number of ketones is 1. The van der Waals surface area contributed by atoms with Gasteiger partial charge >= 0.3 is 0 Å². The van der Waals surface area contributed by atoms with E-state index in [1.54, 1.807) is 7.11 Å². The third kappa shape index (κ3) is 3.24. The summed E-state index contributed by atoms with van der Waals surface area (Å²) in [7, 11) is 3.60. The van der Waals surface area contributed by atoms with E-state index < -0.39 is 0 Å². The fraction of sp³-hybridized carbons (Fsp3) is 0.222. The van der Waals surface area contributed by atoms with E-state index in [0.29, 0.717) is 5.75 Å². The van der Waals surface area contributed by atoms with E-state index in [1.807, 2.05) is 61.0 Å². The van der Waals surface area contributed by atoms with E-state index in [9.17, 15) is 4.79 Å². The summed E-state index contributed by atoms with van der Waals surface area (Å²) in [6, 6.07) is 13.5. The first-order valence-corrected chi connectivity index (χ1v) is 8.30. The van der Waals surface area contributed by atoms with Gasteiger partial charge in [0.05, 0.1) is 23.9 Å². The highest BCUT2D eigenvalue weighted by atomic mass is 32.2. The Balaban J connectivity index is 1.77. The molecule has 0 radical (unpaired) electrons. The molecule has 23 heavy (non-hydrogen) atoms. The summed E-state index contributed by atoms with van der Waals surface area (Å²) in [4.78, 5) is 16.9. The lowest BCUT2D eigenvalue weighted by Crippen LogP contribution is -2.03. The van der Waals surface area contributed by atoms with Crippen LogP contribution in [0.3, 0.4) is 0 Å². The Hall–Kier alpha value is -2.27. The summed E-state index contributed by atoms with van der Waals surface area (Å²) < 4.78 is 7.23. The average molecular weight is 326 g/mol. The van der Waals surface area contributed by atoms with E-state index >= 15 is 0 Å².